The van der Waals surface area contributed by atoms with Gasteiger partial charge in [0.1, 0.15) is 21.9 Å². The molecule has 1 fully saturated rings. The first-order valence-electron chi connectivity index (χ1n) is 9.55. The SMILES string of the molecule is Cc1ccc(NC(=O)CSc2ncnc3nc(N4CCC(C)CC4)sc23)cc1F. The maximum atomic E-state index is 13.6. The van der Waals surface area contributed by atoms with E-state index in [2.05, 4.69) is 32.1 Å². The lowest BCUT2D eigenvalue weighted by Gasteiger charge is -2.29. The largest absolute Gasteiger partial charge is 0.348 e. The molecule has 2 aromatic heterocycles. The summed E-state index contributed by atoms with van der Waals surface area (Å²) >= 11 is 2.92. The molecule has 0 saturated carbocycles. The predicted octanol–water partition coefficient (Wildman–Crippen LogP) is 4.50. The van der Waals surface area contributed by atoms with Crippen molar-refractivity contribution in [3.63, 3.8) is 0 Å². The van der Waals surface area contributed by atoms with E-state index in [4.69, 9.17) is 0 Å². The Labute approximate surface area is 177 Å². The molecule has 1 N–H and O–H groups in total. The third-order valence-corrected chi connectivity index (χ3v) is 7.23. The zero-order valence-corrected chi connectivity index (χ0v) is 17.9. The third-order valence-electron chi connectivity index (χ3n) is 5.00. The summed E-state index contributed by atoms with van der Waals surface area (Å²) in [6, 6.07) is 4.67. The number of thioether (sulfide) groups is 1. The highest BCUT2D eigenvalue weighted by Crippen LogP contribution is 2.35. The molecule has 3 aromatic rings. The first kappa shape index (κ1) is 20.0. The zero-order valence-electron chi connectivity index (χ0n) is 16.3. The molecule has 0 bridgehead atoms. The van der Waals surface area contributed by atoms with Gasteiger partial charge in [-0.3, -0.25) is 4.79 Å². The number of amides is 1. The van der Waals surface area contributed by atoms with Crippen LogP contribution in [-0.2, 0) is 4.79 Å². The summed E-state index contributed by atoms with van der Waals surface area (Å²) in [5.74, 6) is 0.389. The number of anilines is 2. The lowest BCUT2D eigenvalue weighted by atomic mass is 10.00. The number of hydrogen-bond acceptors (Lipinski definition) is 7. The molecule has 0 aliphatic carbocycles. The fourth-order valence-corrected chi connectivity index (χ4v) is 5.10. The van der Waals surface area contributed by atoms with E-state index < -0.39 is 0 Å². The van der Waals surface area contributed by atoms with E-state index in [9.17, 15) is 9.18 Å². The smallest absolute Gasteiger partial charge is 0.234 e. The molecule has 1 amide bonds. The lowest BCUT2D eigenvalue weighted by molar-refractivity contribution is -0.113. The van der Waals surface area contributed by atoms with Crippen LogP contribution in [0.3, 0.4) is 0 Å². The quantitative estimate of drug-likeness (QED) is 0.474. The summed E-state index contributed by atoms with van der Waals surface area (Å²) in [5.41, 5.74) is 1.66. The number of nitrogens with one attached hydrogen (secondary N) is 1. The van der Waals surface area contributed by atoms with Crippen LogP contribution in [0.1, 0.15) is 25.3 Å². The summed E-state index contributed by atoms with van der Waals surface area (Å²) in [6.45, 7) is 5.98. The number of aryl methyl sites for hydroxylation is 1. The van der Waals surface area contributed by atoms with Crippen LogP contribution in [0.5, 0.6) is 0 Å². The monoisotopic (exact) mass is 431 g/mol. The summed E-state index contributed by atoms with van der Waals surface area (Å²) in [6.07, 6.45) is 3.83. The average Bonchev–Trinajstić information content (AvgIpc) is 3.14. The van der Waals surface area contributed by atoms with Crippen molar-refractivity contribution in [1.29, 1.82) is 0 Å². The average molecular weight is 432 g/mol. The van der Waals surface area contributed by atoms with E-state index in [-0.39, 0.29) is 17.5 Å². The standard InChI is InChI=1S/C20H22FN5OS2/c1-12-5-7-26(8-6-12)20-25-18-17(29-20)19(23-11-22-18)28-10-16(27)24-14-4-3-13(2)15(21)9-14/h3-4,9,11-12H,5-8,10H2,1-2H3,(H,24,27). The second-order valence-corrected chi connectivity index (χ2v) is 9.24. The third kappa shape index (κ3) is 4.67. The van der Waals surface area contributed by atoms with Gasteiger partial charge in [-0.1, -0.05) is 36.1 Å². The number of fused-ring (bicyclic) bond motifs is 1. The van der Waals surface area contributed by atoms with E-state index in [1.165, 1.54) is 37.0 Å². The number of nitrogens with zero attached hydrogens (tertiary/aromatic N) is 4. The van der Waals surface area contributed by atoms with Gasteiger partial charge in [0.05, 0.1) is 5.75 Å². The van der Waals surface area contributed by atoms with Crippen LogP contribution in [0, 0.1) is 18.7 Å². The Hall–Kier alpha value is -2.26. The van der Waals surface area contributed by atoms with Gasteiger partial charge < -0.3 is 10.2 Å². The maximum absolute atomic E-state index is 13.6. The summed E-state index contributed by atoms with van der Waals surface area (Å²) in [5, 5.41) is 4.44. The van der Waals surface area contributed by atoms with Crippen molar-refractivity contribution in [2.75, 3.05) is 29.1 Å². The molecule has 0 unspecified atom stereocenters. The van der Waals surface area contributed by atoms with Gasteiger partial charge >= 0.3 is 0 Å². The normalized spacial score (nSPS) is 15.1. The number of carbonyl (C=O) groups is 1. The molecule has 1 aliphatic heterocycles. The van der Waals surface area contributed by atoms with Gasteiger partial charge in [0.15, 0.2) is 10.8 Å². The van der Waals surface area contributed by atoms with E-state index in [0.717, 1.165) is 33.9 Å². The maximum Gasteiger partial charge on any atom is 0.234 e. The van der Waals surface area contributed by atoms with Crippen LogP contribution in [0.4, 0.5) is 15.2 Å². The number of thiazole rings is 1. The molecule has 0 atom stereocenters. The molecule has 4 rings (SSSR count). The summed E-state index contributed by atoms with van der Waals surface area (Å²) < 4.78 is 14.6. The van der Waals surface area contributed by atoms with E-state index in [1.807, 2.05) is 0 Å². The van der Waals surface area contributed by atoms with Gasteiger partial charge in [0.2, 0.25) is 5.91 Å². The van der Waals surface area contributed by atoms with Crippen molar-refractivity contribution >= 4 is 50.2 Å². The highest BCUT2D eigenvalue weighted by Gasteiger charge is 2.21. The van der Waals surface area contributed by atoms with Gasteiger partial charge in [-0.05, 0) is 43.4 Å². The lowest BCUT2D eigenvalue weighted by Crippen LogP contribution is -2.32. The van der Waals surface area contributed by atoms with E-state index in [0.29, 0.717) is 16.9 Å². The Morgan fingerprint density at radius 1 is 1.34 bits per heavy atom. The molecule has 152 valence electrons. The van der Waals surface area contributed by atoms with Crippen molar-refractivity contribution in [3.05, 3.63) is 35.9 Å². The number of piperidine rings is 1. The summed E-state index contributed by atoms with van der Waals surface area (Å²) in [4.78, 5) is 27.9. The van der Waals surface area contributed by atoms with Gasteiger partial charge in [0, 0.05) is 18.8 Å². The summed E-state index contributed by atoms with van der Waals surface area (Å²) in [7, 11) is 0. The van der Waals surface area contributed by atoms with Gasteiger partial charge in [-0.15, -0.1) is 0 Å². The van der Waals surface area contributed by atoms with Gasteiger partial charge in [0.25, 0.3) is 0 Å². The van der Waals surface area contributed by atoms with Crippen molar-refractivity contribution in [2.24, 2.45) is 5.92 Å². The van der Waals surface area contributed by atoms with Gasteiger partial charge in [-0.2, -0.15) is 4.98 Å². The molecular weight excluding hydrogens is 409 g/mol. The van der Waals surface area contributed by atoms with Crippen LogP contribution in [0.25, 0.3) is 10.3 Å². The predicted molar refractivity (Wildman–Crippen MR) is 116 cm³/mol. The Balaban J connectivity index is 1.43. The zero-order chi connectivity index (χ0) is 20.4. The minimum absolute atomic E-state index is 0.177. The fourth-order valence-electron chi connectivity index (χ4n) is 3.16. The molecule has 29 heavy (non-hydrogen) atoms. The number of rotatable bonds is 5. The van der Waals surface area contributed by atoms with Crippen molar-refractivity contribution < 1.29 is 9.18 Å². The van der Waals surface area contributed by atoms with E-state index in [1.54, 1.807) is 30.4 Å². The molecule has 0 radical (unpaired) electrons. The molecule has 3 heterocycles. The van der Waals surface area contributed by atoms with Crippen molar-refractivity contribution in [2.45, 2.75) is 31.7 Å². The Kier molecular flexibility index (Phi) is 5.96. The highest BCUT2D eigenvalue weighted by molar-refractivity contribution is 8.00. The minimum Gasteiger partial charge on any atom is -0.348 e. The van der Waals surface area contributed by atoms with Crippen molar-refractivity contribution in [1.82, 2.24) is 15.0 Å². The molecule has 1 saturated heterocycles. The second-order valence-electron chi connectivity index (χ2n) is 7.30. The number of carbonyl (C=O) groups excluding carboxylic acids is 1. The first-order valence-corrected chi connectivity index (χ1v) is 11.3. The Bertz CT molecular complexity index is 1030. The van der Waals surface area contributed by atoms with Crippen LogP contribution in [-0.4, -0.2) is 39.7 Å². The number of halogens is 1. The fraction of sp³-hybridized carbons (Fsp3) is 0.400. The van der Waals surface area contributed by atoms with Crippen LogP contribution >= 0.6 is 23.1 Å². The molecular formula is C20H22FN5OS2. The highest BCUT2D eigenvalue weighted by atomic mass is 32.2. The second kappa shape index (κ2) is 8.62. The molecule has 0 spiro atoms. The Morgan fingerprint density at radius 3 is 2.90 bits per heavy atom. The van der Waals surface area contributed by atoms with Gasteiger partial charge in [-0.25, -0.2) is 14.4 Å². The molecule has 1 aromatic carbocycles. The minimum atomic E-state index is -0.336. The Morgan fingerprint density at radius 2 is 2.14 bits per heavy atom. The molecule has 6 nitrogen and oxygen atoms in total. The number of aromatic nitrogens is 3. The first-order chi connectivity index (χ1) is 14.0. The van der Waals surface area contributed by atoms with E-state index >= 15 is 0 Å². The van der Waals surface area contributed by atoms with Crippen LogP contribution in [0.2, 0.25) is 0 Å². The number of benzene rings is 1. The topological polar surface area (TPSA) is 71.0 Å². The molecule has 9 heteroatoms. The van der Waals surface area contributed by atoms with Crippen LogP contribution in [0.15, 0.2) is 29.6 Å². The van der Waals surface area contributed by atoms with Crippen molar-refractivity contribution in [3.8, 4) is 0 Å². The van der Waals surface area contributed by atoms with Crippen LogP contribution < -0.4 is 10.2 Å². The number of hydrogen-bond donors (Lipinski definition) is 1. The molecule has 1 aliphatic rings.